The van der Waals surface area contributed by atoms with E-state index in [1.807, 2.05) is 0 Å². The van der Waals surface area contributed by atoms with Crippen molar-refractivity contribution in [2.45, 2.75) is 82.0 Å². The first-order valence-electron chi connectivity index (χ1n) is 13.5. The van der Waals surface area contributed by atoms with Gasteiger partial charge in [-0.25, -0.2) is 0 Å². The van der Waals surface area contributed by atoms with Gasteiger partial charge in [0.05, 0.1) is 0 Å². The molecule has 0 saturated carbocycles. The van der Waals surface area contributed by atoms with Crippen molar-refractivity contribution < 1.29 is 33.0 Å². The summed E-state index contributed by atoms with van der Waals surface area (Å²) in [6.07, 6.45) is 31.3. The molecule has 0 aromatic heterocycles. The van der Waals surface area contributed by atoms with E-state index < -0.39 is 0 Å². The molecule has 0 saturated heterocycles. The van der Waals surface area contributed by atoms with Gasteiger partial charge in [-0.15, -0.1) is 0 Å². The van der Waals surface area contributed by atoms with Crippen LogP contribution in [0.5, 0.6) is 0 Å². The van der Waals surface area contributed by atoms with Crippen molar-refractivity contribution in [2.24, 2.45) is 4.99 Å². The van der Waals surface area contributed by atoms with Crippen molar-refractivity contribution in [1.29, 1.82) is 0 Å². The van der Waals surface area contributed by atoms with Crippen LogP contribution in [0.25, 0.3) is 0 Å². The van der Waals surface area contributed by atoms with E-state index in [2.05, 4.69) is 116 Å². The van der Waals surface area contributed by atoms with Gasteiger partial charge in [-0.1, -0.05) is 50.0 Å². The second-order valence-corrected chi connectivity index (χ2v) is 11.7. The molecule has 1 unspecified atom stereocenters. The number of benzene rings is 2. The Morgan fingerprint density at radius 1 is 0.711 bits per heavy atom. The minimum absolute atomic E-state index is 0. The van der Waals surface area contributed by atoms with Gasteiger partial charge in [0, 0.05) is 33.0 Å². The summed E-state index contributed by atoms with van der Waals surface area (Å²) in [5.41, 5.74) is 2.72. The van der Waals surface area contributed by atoms with Gasteiger partial charge in [-0.2, -0.15) is 12.8 Å². The maximum absolute atomic E-state index is 5.04. The zero-order valence-electron chi connectivity index (χ0n) is 22.5. The molecule has 1 heterocycles. The fourth-order valence-electron chi connectivity index (χ4n) is 4.10. The molecule has 1 nitrogen and oxygen atoms in total. The van der Waals surface area contributed by atoms with Gasteiger partial charge in [-0.05, 0) is 12.8 Å². The number of aliphatic imine (C=N–C) groups is 1. The monoisotopic (exact) mass is 659 g/mol. The first-order chi connectivity index (χ1) is 17.8. The van der Waals surface area contributed by atoms with Gasteiger partial charge in [0.2, 0.25) is 0 Å². The summed E-state index contributed by atoms with van der Waals surface area (Å²) >= 11 is 0.519. The molecule has 3 aliphatic rings. The predicted octanol–water partition coefficient (Wildman–Crippen LogP) is 8.42. The van der Waals surface area contributed by atoms with Crippen molar-refractivity contribution >= 4 is 25.1 Å². The Kier molecular flexibility index (Phi) is 19.5. The Labute approximate surface area is 258 Å². The maximum atomic E-state index is 5.04. The van der Waals surface area contributed by atoms with Crippen LogP contribution in [0.2, 0.25) is 5.32 Å². The minimum Gasteiger partial charge on any atom is -0.500 e. The Morgan fingerprint density at radius 2 is 1.24 bits per heavy atom. The van der Waals surface area contributed by atoms with E-state index in [1.165, 1.54) is 66.0 Å². The van der Waals surface area contributed by atoms with E-state index in [0.29, 0.717) is 15.0 Å². The molecule has 210 valence electrons. The summed E-state index contributed by atoms with van der Waals surface area (Å²) in [4.78, 5) is 5.04. The Balaban J connectivity index is 0.000000334. The molecule has 38 heavy (non-hydrogen) atoms. The smallest absolute Gasteiger partial charge is 0 e. The molecule has 0 N–H and O–H groups in total. The van der Waals surface area contributed by atoms with E-state index in [4.69, 9.17) is 4.99 Å². The summed E-state index contributed by atoms with van der Waals surface area (Å²) in [7, 11) is 0. The third-order valence-corrected chi connectivity index (χ3v) is 9.07. The topological polar surface area (TPSA) is 12.4 Å². The normalized spacial score (nSPS) is 19.9. The molecule has 2 aromatic carbocycles. The zero-order chi connectivity index (χ0) is 25.2. The Morgan fingerprint density at radius 3 is 1.82 bits per heavy atom. The van der Waals surface area contributed by atoms with E-state index in [-0.39, 0.29) is 38.5 Å². The molecule has 0 spiro atoms. The molecule has 1 aliphatic heterocycles. The third-order valence-electron chi connectivity index (χ3n) is 6.19. The number of nitrogens with zero attached hydrogens (tertiary/aromatic N) is 1. The standard InChI is InChI=1S/C18H19NSe.2C8H11.2Ni/c1-18(14-20-16-10-6-3-7-11-16)13-12-17(19-18)15-8-4-2-5-9-15;2*1-2-4-6-8-7-5-3-1;;/h2-11H,12-14H2,1H3;2*1-2,7H,3-6H2;;/q;2*-1;;. The van der Waals surface area contributed by atoms with Crippen molar-refractivity contribution in [2.75, 3.05) is 0 Å². The van der Waals surface area contributed by atoms with Crippen molar-refractivity contribution in [3.63, 3.8) is 0 Å². The van der Waals surface area contributed by atoms with Gasteiger partial charge in [0.1, 0.15) is 0 Å². The van der Waals surface area contributed by atoms with Crippen LogP contribution in [-0.2, 0) is 33.0 Å². The van der Waals surface area contributed by atoms with Gasteiger partial charge < -0.3 is 12.2 Å². The van der Waals surface area contributed by atoms with Gasteiger partial charge >= 0.3 is 127 Å². The summed E-state index contributed by atoms with van der Waals surface area (Å²) in [6, 6.07) is 21.4. The van der Waals surface area contributed by atoms with Crippen LogP contribution in [0.3, 0.4) is 0 Å². The van der Waals surface area contributed by atoms with E-state index in [0.717, 1.165) is 19.3 Å². The van der Waals surface area contributed by atoms with E-state index >= 15 is 0 Å². The fraction of sp³-hybridized carbons (Fsp3) is 0.382. The van der Waals surface area contributed by atoms with Crippen LogP contribution in [0, 0.1) is 12.2 Å². The minimum atomic E-state index is 0. The van der Waals surface area contributed by atoms with Crippen LogP contribution < -0.4 is 4.46 Å². The molecule has 5 rings (SSSR count). The van der Waals surface area contributed by atoms with Crippen molar-refractivity contribution in [3.05, 3.63) is 115 Å². The van der Waals surface area contributed by atoms with Crippen LogP contribution in [0.1, 0.15) is 76.7 Å². The summed E-state index contributed by atoms with van der Waals surface area (Å²) in [5.74, 6) is 0. The first-order valence-corrected chi connectivity index (χ1v) is 15.5. The predicted molar refractivity (Wildman–Crippen MR) is 158 cm³/mol. The molecule has 0 fully saturated rings. The second kappa shape index (κ2) is 21.4. The molecular formula is C34H41NNi2Se-2. The van der Waals surface area contributed by atoms with Crippen LogP contribution in [0.15, 0.2) is 102 Å². The van der Waals surface area contributed by atoms with Crippen LogP contribution in [0.4, 0.5) is 0 Å². The van der Waals surface area contributed by atoms with Gasteiger partial charge in [0.15, 0.2) is 0 Å². The molecule has 0 amide bonds. The summed E-state index contributed by atoms with van der Waals surface area (Å²) < 4.78 is 1.48. The van der Waals surface area contributed by atoms with E-state index in [1.54, 1.807) is 0 Å². The SMILES string of the molecule is CC1(C[Se]c2ccccc2)CCC(c2ccccc2)=N1.[C-]1=CCCC=CCC1.[C-]1=CCCC=CCC1.[Ni].[Ni]. The molecule has 2 aromatic rings. The zero-order valence-corrected chi connectivity index (χ0v) is 26.2. The quantitative estimate of drug-likeness (QED) is 0.178. The largest absolute Gasteiger partial charge is 0.500 e. The van der Waals surface area contributed by atoms with Crippen molar-refractivity contribution in [3.8, 4) is 0 Å². The number of rotatable bonds is 4. The molecule has 2 aliphatic carbocycles. The molecule has 1 atom stereocenters. The first kappa shape index (κ1) is 34.6. The van der Waals surface area contributed by atoms with Crippen molar-refractivity contribution in [1.82, 2.24) is 0 Å². The molecule has 4 heteroatoms. The second-order valence-electron chi connectivity index (χ2n) is 9.51. The molecular weight excluding hydrogens is 619 g/mol. The van der Waals surface area contributed by atoms with Crippen LogP contribution in [-0.4, -0.2) is 26.2 Å². The number of hydrogen-bond donors (Lipinski definition) is 0. The average Bonchev–Trinajstić information content (AvgIpc) is 3.26. The van der Waals surface area contributed by atoms with Gasteiger partial charge in [0.25, 0.3) is 0 Å². The fourth-order valence-corrected chi connectivity index (χ4v) is 6.27. The van der Waals surface area contributed by atoms with Crippen LogP contribution >= 0.6 is 0 Å². The number of allylic oxidation sites excluding steroid dienone is 8. The molecule has 0 bridgehead atoms. The van der Waals surface area contributed by atoms with Gasteiger partial charge in [-0.3, -0.25) is 12.2 Å². The maximum Gasteiger partial charge on any atom is 0 e. The Bertz CT molecular complexity index is 931. The Hall–Kier alpha value is -1.42. The third kappa shape index (κ3) is 14.7. The summed E-state index contributed by atoms with van der Waals surface area (Å²) in [5, 5.41) is 1.19. The summed E-state index contributed by atoms with van der Waals surface area (Å²) in [6.45, 7) is 2.31. The van der Waals surface area contributed by atoms with E-state index in [9.17, 15) is 0 Å². The average molecular weight is 660 g/mol. The number of hydrogen-bond acceptors (Lipinski definition) is 1. The molecule has 0 radical (unpaired) electrons.